The van der Waals surface area contributed by atoms with Crippen LogP contribution in [0.1, 0.15) is 29.3 Å². The van der Waals surface area contributed by atoms with Crippen LogP contribution in [0.4, 0.5) is 0 Å². The topological polar surface area (TPSA) is 88.7 Å². The van der Waals surface area contributed by atoms with Gasteiger partial charge in [-0.2, -0.15) is 0 Å². The van der Waals surface area contributed by atoms with Crippen LogP contribution in [0.5, 0.6) is 11.5 Å². The third-order valence-electron chi connectivity index (χ3n) is 3.70. The predicted octanol–water partition coefficient (Wildman–Crippen LogP) is 4.02. The zero-order valence-electron chi connectivity index (χ0n) is 16.4. The van der Waals surface area contributed by atoms with E-state index in [-0.39, 0.29) is 11.7 Å². The molecule has 0 saturated heterocycles. The average Bonchev–Trinajstić information content (AvgIpc) is 2.72. The Bertz CT molecular complexity index is 940. The van der Waals surface area contributed by atoms with Crippen LogP contribution in [0.3, 0.4) is 0 Å². The van der Waals surface area contributed by atoms with Crippen LogP contribution in [-0.4, -0.2) is 30.1 Å². The van der Waals surface area contributed by atoms with Crippen molar-refractivity contribution in [3.63, 3.8) is 0 Å². The molecule has 2 amide bonds. The SMILES string of the molecule is CCCOc1ccc(C(=O)NC(=S)NNC(=O)COc2ccc(Br)c(C)c2)cc1Br. The van der Waals surface area contributed by atoms with Gasteiger partial charge in [0.2, 0.25) is 0 Å². The highest BCUT2D eigenvalue weighted by molar-refractivity contribution is 9.10. The predicted molar refractivity (Wildman–Crippen MR) is 126 cm³/mol. The summed E-state index contributed by atoms with van der Waals surface area (Å²) in [6, 6.07) is 10.4. The number of amides is 2. The largest absolute Gasteiger partial charge is 0.492 e. The molecule has 0 atom stereocenters. The van der Waals surface area contributed by atoms with Crippen molar-refractivity contribution in [1.29, 1.82) is 0 Å². The lowest BCUT2D eigenvalue weighted by molar-refractivity contribution is -0.123. The van der Waals surface area contributed by atoms with Crippen molar-refractivity contribution in [3.05, 3.63) is 56.5 Å². The smallest absolute Gasteiger partial charge is 0.276 e. The van der Waals surface area contributed by atoms with E-state index in [4.69, 9.17) is 21.7 Å². The van der Waals surface area contributed by atoms with E-state index in [0.29, 0.717) is 28.1 Å². The number of aryl methyl sites for hydroxylation is 1. The molecular weight excluding hydrogens is 538 g/mol. The summed E-state index contributed by atoms with van der Waals surface area (Å²) in [4.78, 5) is 24.2. The number of halogens is 2. The number of carbonyl (C=O) groups excluding carboxylic acids is 2. The zero-order chi connectivity index (χ0) is 22.1. The molecule has 160 valence electrons. The van der Waals surface area contributed by atoms with Crippen molar-refractivity contribution < 1.29 is 19.1 Å². The van der Waals surface area contributed by atoms with Crippen molar-refractivity contribution in [2.75, 3.05) is 13.2 Å². The van der Waals surface area contributed by atoms with Crippen molar-refractivity contribution >= 4 is 61.0 Å². The second kappa shape index (κ2) is 11.9. The van der Waals surface area contributed by atoms with E-state index in [1.54, 1.807) is 24.3 Å². The molecule has 0 aliphatic rings. The highest BCUT2D eigenvalue weighted by Crippen LogP contribution is 2.26. The Morgan fingerprint density at radius 2 is 1.80 bits per heavy atom. The van der Waals surface area contributed by atoms with Gasteiger partial charge in [-0.15, -0.1) is 0 Å². The number of nitrogens with one attached hydrogen (secondary N) is 3. The molecule has 7 nitrogen and oxygen atoms in total. The molecule has 0 aliphatic heterocycles. The molecule has 0 bridgehead atoms. The second-order valence-electron chi connectivity index (χ2n) is 6.15. The lowest BCUT2D eigenvalue weighted by Crippen LogP contribution is -2.49. The molecule has 10 heteroatoms. The first-order valence-electron chi connectivity index (χ1n) is 9.01. The van der Waals surface area contributed by atoms with Crippen LogP contribution in [0.15, 0.2) is 45.3 Å². The van der Waals surface area contributed by atoms with E-state index in [1.807, 2.05) is 26.0 Å². The summed E-state index contributed by atoms with van der Waals surface area (Å²) in [5, 5.41) is 2.44. The Labute approximate surface area is 197 Å². The minimum atomic E-state index is -0.452. The molecule has 0 fully saturated rings. The molecule has 0 spiro atoms. The number of hydrazine groups is 1. The Morgan fingerprint density at radius 3 is 2.47 bits per heavy atom. The average molecular weight is 559 g/mol. The molecule has 2 rings (SSSR count). The lowest BCUT2D eigenvalue weighted by atomic mass is 10.2. The first-order chi connectivity index (χ1) is 14.3. The van der Waals surface area contributed by atoms with Gasteiger partial charge in [0, 0.05) is 10.0 Å². The molecular formula is C20H21Br2N3O4S. The monoisotopic (exact) mass is 557 g/mol. The fourth-order valence-electron chi connectivity index (χ4n) is 2.20. The zero-order valence-corrected chi connectivity index (χ0v) is 20.4. The summed E-state index contributed by atoms with van der Waals surface area (Å²) in [6.45, 7) is 4.31. The van der Waals surface area contributed by atoms with Gasteiger partial charge in [0.25, 0.3) is 11.8 Å². The van der Waals surface area contributed by atoms with E-state index < -0.39 is 11.8 Å². The number of hydrogen-bond acceptors (Lipinski definition) is 5. The first-order valence-corrected chi connectivity index (χ1v) is 11.0. The van der Waals surface area contributed by atoms with E-state index in [2.05, 4.69) is 48.0 Å². The molecule has 0 saturated carbocycles. The van der Waals surface area contributed by atoms with E-state index >= 15 is 0 Å². The lowest BCUT2D eigenvalue weighted by Gasteiger charge is -2.12. The summed E-state index contributed by atoms with van der Waals surface area (Å²) in [7, 11) is 0. The Hall–Kier alpha value is -2.17. The molecule has 0 radical (unpaired) electrons. The van der Waals surface area contributed by atoms with Crippen LogP contribution in [-0.2, 0) is 4.79 Å². The van der Waals surface area contributed by atoms with Gasteiger partial charge in [-0.1, -0.05) is 22.9 Å². The maximum absolute atomic E-state index is 12.3. The van der Waals surface area contributed by atoms with E-state index in [1.165, 1.54) is 0 Å². The van der Waals surface area contributed by atoms with Crippen molar-refractivity contribution in [2.45, 2.75) is 20.3 Å². The maximum atomic E-state index is 12.3. The molecule has 0 heterocycles. The normalized spacial score (nSPS) is 10.1. The van der Waals surface area contributed by atoms with Crippen LogP contribution < -0.4 is 25.6 Å². The number of rotatable bonds is 7. The maximum Gasteiger partial charge on any atom is 0.276 e. The summed E-state index contributed by atoms with van der Waals surface area (Å²) >= 11 is 11.8. The highest BCUT2D eigenvalue weighted by Gasteiger charge is 2.12. The number of carbonyl (C=O) groups is 2. The van der Waals surface area contributed by atoms with Gasteiger partial charge in [0.15, 0.2) is 11.7 Å². The van der Waals surface area contributed by atoms with Gasteiger partial charge in [0.1, 0.15) is 11.5 Å². The van der Waals surface area contributed by atoms with Crippen molar-refractivity contribution in [1.82, 2.24) is 16.2 Å². The third-order valence-corrected chi connectivity index (χ3v) is 5.41. The van der Waals surface area contributed by atoms with Gasteiger partial charge < -0.3 is 9.47 Å². The van der Waals surface area contributed by atoms with Crippen LogP contribution >= 0.6 is 44.1 Å². The standard InChI is InChI=1S/C20H21Br2N3O4S/c1-3-8-28-17-7-4-13(10-16(17)22)19(27)23-20(30)25-24-18(26)11-29-14-5-6-15(21)12(2)9-14/h4-7,9-10H,3,8,11H2,1-2H3,(H,24,26)(H2,23,25,27,30). The Balaban J connectivity index is 1.78. The number of thiocarbonyl (C=S) groups is 1. The summed E-state index contributed by atoms with van der Waals surface area (Å²) in [5.74, 6) is 0.347. The van der Waals surface area contributed by atoms with Gasteiger partial charge in [0.05, 0.1) is 11.1 Å². The highest BCUT2D eigenvalue weighted by atomic mass is 79.9. The number of hydrogen-bond donors (Lipinski definition) is 3. The Morgan fingerprint density at radius 1 is 1.03 bits per heavy atom. The molecule has 0 aromatic heterocycles. The number of benzene rings is 2. The van der Waals surface area contributed by atoms with Crippen LogP contribution in [0.2, 0.25) is 0 Å². The fourth-order valence-corrected chi connectivity index (χ4v) is 3.08. The van der Waals surface area contributed by atoms with E-state index in [0.717, 1.165) is 16.5 Å². The molecule has 2 aromatic carbocycles. The third kappa shape index (κ3) is 7.58. The van der Waals surface area contributed by atoms with Gasteiger partial charge >= 0.3 is 0 Å². The van der Waals surface area contributed by atoms with E-state index in [9.17, 15) is 9.59 Å². The van der Waals surface area contributed by atoms with Crippen molar-refractivity contribution in [2.24, 2.45) is 0 Å². The number of ether oxygens (including phenoxy) is 2. The van der Waals surface area contributed by atoms with Gasteiger partial charge in [-0.3, -0.25) is 25.8 Å². The fraction of sp³-hybridized carbons (Fsp3) is 0.250. The molecule has 2 aromatic rings. The second-order valence-corrected chi connectivity index (χ2v) is 8.27. The van der Waals surface area contributed by atoms with Crippen LogP contribution in [0, 0.1) is 6.92 Å². The molecule has 30 heavy (non-hydrogen) atoms. The summed E-state index contributed by atoms with van der Waals surface area (Å²) in [5.41, 5.74) is 6.22. The first kappa shape index (κ1) is 24.1. The van der Waals surface area contributed by atoms with Crippen molar-refractivity contribution in [3.8, 4) is 11.5 Å². The Kier molecular flexibility index (Phi) is 9.54. The van der Waals surface area contributed by atoms with Gasteiger partial charge in [-0.05, 0) is 83.5 Å². The quantitative estimate of drug-likeness (QED) is 0.351. The molecule has 0 aliphatic carbocycles. The molecule has 3 N–H and O–H groups in total. The van der Waals surface area contributed by atoms with Gasteiger partial charge in [-0.25, -0.2) is 0 Å². The minimum Gasteiger partial charge on any atom is -0.492 e. The minimum absolute atomic E-state index is 0.0460. The van der Waals surface area contributed by atoms with Crippen LogP contribution in [0.25, 0.3) is 0 Å². The summed E-state index contributed by atoms with van der Waals surface area (Å²) in [6.07, 6.45) is 0.883. The summed E-state index contributed by atoms with van der Waals surface area (Å²) < 4.78 is 12.6. The molecule has 0 unspecified atom stereocenters.